The number of nitrogens with one attached hydrogen (secondary N) is 1. The number of carbonyl (C=O) groups is 1. The molecular formula is C19H26N6O3. The van der Waals surface area contributed by atoms with Crippen molar-refractivity contribution in [3.8, 4) is 11.5 Å². The fourth-order valence-electron chi connectivity index (χ4n) is 3.09. The van der Waals surface area contributed by atoms with Crippen molar-refractivity contribution in [2.75, 3.05) is 43.3 Å². The van der Waals surface area contributed by atoms with E-state index in [9.17, 15) is 4.79 Å². The molecule has 0 bridgehead atoms. The van der Waals surface area contributed by atoms with E-state index in [0.29, 0.717) is 23.1 Å². The second-order valence-electron chi connectivity index (χ2n) is 7.10. The fourth-order valence-corrected chi connectivity index (χ4v) is 3.09. The maximum absolute atomic E-state index is 12.7. The van der Waals surface area contributed by atoms with Crippen molar-refractivity contribution in [3.63, 3.8) is 0 Å². The monoisotopic (exact) mass is 386 g/mol. The van der Waals surface area contributed by atoms with Crippen molar-refractivity contribution in [1.82, 2.24) is 9.97 Å². The number of methoxy groups -OCH3 is 2. The van der Waals surface area contributed by atoms with Crippen LogP contribution in [0.3, 0.4) is 0 Å². The van der Waals surface area contributed by atoms with Crippen LogP contribution in [0.25, 0.3) is 0 Å². The van der Waals surface area contributed by atoms with Crippen molar-refractivity contribution in [3.05, 3.63) is 30.0 Å². The maximum Gasteiger partial charge on any atom is 0.261 e. The molecule has 3 rings (SSSR count). The van der Waals surface area contributed by atoms with Crippen LogP contribution >= 0.6 is 0 Å². The van der Waals surface area contributed by atoms with E-state index in [0.717, 1.165) is 25.9 Å². The minimum absolute atomic E-state index is 0.109. The lowest BCUT2D eigenvalue weighted by Crippen LogP contribution is -2.48. The summed E-state index contributed by atoms with van der Waals surface area (Å²) in [5.41, 5.74) is 12.6. The first kappa shape index (κ1) is 19.7. The second-order valence-corrected chi connectivity index (χ2v) is 7.10. The summed E-state index contributed by atoms with van der Waals surface area (Å²) in [7, 11) is 3.03. The predicted octanol–water partition coefficient (Wildman–Crippen LogP) is 1.65. The number of piperidine rings is 1. The van der Waals surface area contributed by atoms with Gasteiger partial charge in [-0.1, -0.05) is 6.07 Å². The lowest BCUT2D eigenvalue weighted by molar-refractivity contribution is 0.102. The van der Waals surface area contributed by atoms with Gasteiger partial charge in [0.15, 0.2) is 0 Å². The zero-order valence-corrected chi connectivity index (χ0v) is 16.4. The van der Waals surface area contributed by atoms with Crippen LogP contribution in [0.15, 0.2) is 24.4 Å². The smallest absolute Gasteiger partial charge is 0.261 e. The van der Waals surface area contributed by atoms with Gasteiger partial charge in [0.25, 0.3) is 5.91 Å². The average molecular weight is 386 g/mol. The van der Waals surface area contributed by atoms with Crippen LogP contribution in [0, 0.1) is 0 Å². The fraction of sp³-hybridized carbons (Fsp3) is 0.421. The highest BCUT2D eigenvalue weighted by atomic mass is 16.5. The number of aromatic nitrogens is 2. The normalized spacial score (nSPS) is 15.8. The van der Waals surface area contributed by atoms with E-state index in [-0.39, 0.29) is 16.9 Å². The molecule has 0 spiro atoms. The minimum Gasteiger partial charge on any atom is -0.494 e. The maximum atomic E-state index is 12.7. The highest BCUT2D eigenvalue weighted by Gasteiger charge is 2.27. The van der Waals surface area contributed by atoms with Gasteiger partial charge in [0.2, 0.25) is 5.95 Å². The van der Waals surface area contributed by atoms with Gasteiger partial charge in [0.05, 0.1) is 14.2 Å². The average Bonchev–Trinajstić information content (AvgIpc) is 2.67. The van der Waals surface area contributed by atoms with Gasteiger partial charge in [-0.25, -0.2) is 4.98 Å². The number of nitrogen functional groups attached to an aromatic ring is 1. The van der Waals surface area contributed by atoms with Gasteiger partial charge in [0.1, 0.15) is 28.6 Å². The molecule has 2 heterocycles. The Morgan fingerprint density at radius 1 is 1.21 bits per heavy atom. The number of hydrogen-bond donors (Lipinski definition) is 3. The molecular weight excluding hydrogens is 360 g/mol. The summed E-state index contributed by atoms with van der Waals surface area (Å²) in [6, 6.07) is 5.22. The third-order valence-electron chi connectivity index (χ3n) is 4.91. The molecule has 9 heteroatoms. The first-order valence-electron chi connectivity index (χ1n) is 9.03. The zero-order chi connectivity index (χ0) is 20.3. The molecule has 1 aliphatic heterocycles. The lowest BCUT2D eigenvalue weighted by Gasteiger charge is -2.36. The van der Waals surface area contributed by atoms with Gasteiger partial charge < -0.3 is 31.2 Å². The van der Waals surface area contributed by atoms with Crippen molar-refractivity contribution >= 4 is 23.4 Å². The summed E-state index contributed by atoms with van der Waals surface area (Å²) in [6.07, 6.45) is 3.11. The van der Waals surface area contributed by atoms with Gasteiger partial charge in [-0.05, 0) is 31.9 Å². The molecule has 0 atom stereocenters. The standard InChI is InChI=1S/C19H26N6O3/c1-19(21)7-9-25(10-8-19)18-22-11-12(16(20)24-18)17(26)23-15-13(27-2)5-4-6-14(15)28-3/h4-6,11H,7-10,21H2,1-3H3,(H,23,26)(H2,20,22,24). The molecule has 1 fully saturated rings. The largest absolute Gasteiger partial charge is 0.494 e. The number of carbonyl (C=O) groups excluding carboxylic acids is 1. The summed E-state index contributed by atoms with van der Waals surface area (Å²) < 4.78 is 10.6. The summed E-state index contributed by atoms with van der Waals surface area (Å²) in [5.74, 6) is 1.11. The van der Waals surface area contributed by atoms with Crippen LogP contribution in [0.2, 0.25) is 0 Å². The van der Waals surface area contributed by atoms with Crippen LogP contribution in [0.1, 0.15) is 30.1 Å². The van der Waals surface area contributed by atoms with Crippen LogP contribution in [-0.4, -0.2) is 48.7 Å². The molecule has 5 N–H and O–H groups in total. The molecule has 28 heavy (non-hydrogen) atoms. The Balaban J connectivity index is 1.79. The number of nitrogens with two attached hydrogens (primary N) is 2. The Morgan fingerprint density at radius 3 is 2.36 bits per heavy atom. The van der Waals surface area contributed by atoms with Crippen LogP contribution in [-0.2, 0) is 0 Å². The molecule has 0 radical (unpaired) electrons. The third kappa shape index (κ3) is 4.09. The molecule has 1 aromatic carbocycles. The van der Waals surface area contributed by atoms with E-state index in [1.165, 1.54) is 20.4 Å². The number of rotatable bonds is 5. The molecule has 1 amide bonds. The molecule has 150 valence electrons. The van der Waals surface area contributed by atoms with Gasteiger partial charge in [-0.2, -0.15) is 4.98 Å². The molecule has 1 aliphatic rings. The quantitative estimate of drug-likeness (QED) is 0.707. The Bertz CT molecular complexity index is 838. The van der Waals surface area contributed by atoms with Crippen LogP contribution in [0.5, 0.6) is 11.5 Å². The molecule has 1 aromatic heterocycles. The second kappa shape index (κ2) is 7.89. The number of ether oxygens (including phenoxy) is 2. The Morgan fingerprint density at radius 2 is 1.82 bits per heavy atom. The first-order chi connectivity index (χ1) is 13.3. The summed E-state index contributed by atoms with van der Waals surface area (Å²) in [5, 5.41) is 2.77. The first-order valence-corrected chi connectivity index (χ1v) is 9.03. The molecule has 0 saturated carbocycles. The van der Waals surface area contributed by atoms with E-state index < -0.39 is 5.91 Å². The summed E-state index contributed by atoms with van der Waals surface area (Å²) in [6.45, 7) is 3.53. The van der Waals surface area contributed by atoms with E-state index in [4.69, 9.17) is 20.9 Å². The van der Waals surface area contributed by atoms with Gasteiger partial charge in [0, 0.05) is 24.8 Å². The van der Waals surface area contributed by atoms with Gasteiger partial charge in [-0.15, -0.1) is 0 Å². The molecule has 9 nitrogen and oxygen atoms in total. The molecule has 2 aromatic rings. The van der Waals surface area contributed by atoms with Crippen molar-refractivity contribution in [1.29, 1.82) is 0 Å². The Hall–Kier alpha value is -3.07. The van der Waals surface area contributed by atoms with E-state index in [1.54, 1.807) is 18.2 Å². The van der Waals surface area contributed by atoms with Crippen LogP contribution < -0.4 is 31.2 Å². The number of para-hydroxylation sites is 1. The zero-order valence-electron chi connectivity index (χ0n) is 16.4. The number of hydrogen-bond acceptors (Lipinski definition) is 8. The Kier molecular flexibility index (Phi) is 5.55. The number of benzene rings is 1. The van der Waals surface area contributed by atoms with Crippen molar-refractivity contribution < 1.29 is 14.3 Å². The molecule has 0 unspecified atom stereocenters. The van der Waals surface area contributed by atoms with Crippen molar-refractivity contribution in [2.24, 2.45) is 5.73 Å². The Labute approximate surface area is 164 Å². The summed E-state index contributed by atoms with van der Waals surface area (Å²) >= 11 is 0. The van der Waals surface area contributed by atoms with E-state index >= 15 is 0 Å². The van der Waals surface area contributed by atoms with Crippen molar-refractivity contribution in [2.45, 2.75) is 25.3 Å². The van der Waals surface area contributed by atoms with E-state index in [2.05, 4.69) is 15.3 Å². The topological polar surface area (TPSA) is 129 Å². The predicted molar refractivity (Wildman–Crippen MR) is 108 cm³/mol. The van der Waals surface area contributed by atoms with Gasteiger partial charge >= 0.3 is 0 Å². The number of amides is 1. The lowest BCUT2D eigenvalue weighted by atomic mass is 9.91. The third-order valence-corrected chi connectivity index (χ3v) is 4.91. The highest BCUT2D eigenvalue weighted by Crippen LogP contribution is 2.34. The van der Waals surface area contributed by atoms with E-state index in [1.807, 2.05) is 11.8 Å². The highest BCUT2D eigenvalue weighted by molar-refractivity contribution is 6.08. The molecule has 1 saturated heterocycles. The minimum atomic E-state index is -0.444. The molecule has 0 aliphatic carbocycles. The number of nitrogens with zero attached hydrogens (tertiary/aromatic N) is 3. The van der Waals surface area contributed by atoms with Crippen LogP contribution in [0.4, 0.5) is 17.5 Å². The number of anilines is 3. The SMILES string of the molecule is COc1cccc(OC)c1NC(=O)c1cnc(N2CCC(C)(N)CC2)nc1N. The summed E-state index contributed by atoms with van der Waals surface area (Å²) in [4.78, 5) is 23.4. The van der Waals surface area contributed by atoms with Gasteiger partial charge in [-0.3, -0.25) is 4.79 Å².